The molecule has 9 heteroatoms. The van der Waals surface area contributed by atoms with Crippen molar-refractivity contribution in [2.75, 3.05) is 11.9 Å². The fourth-order valence-electron chi connectivity index (χ4n) is 3.42. The molecule has 1 atom stereocenters. The predicted molar refractivity (Wildman–Crippen MR) is 108 cm³/mol. The van der Waals surface area contributed by atoms with Crippen molar-refractivity contribution in [2.24, 2.45) is 0 Å². The van der Waals surface area contributed by atoms with E-state index in [2.05, 4.69) is 25.7 Å². The molecule has 1 aliphatic rings. The molecule has 28 heavy (non-hydrogen) atoms. The molecule has 144 valence electrons. The Bertz CT molecular complexity index is 957. The Hall–Kier alpha value is -2.48. The second-order valence-electron chi connectivity index (χ2n) is 6.62. The lowest BCUT2D eigenvalue weighted by Gasteiger charge is -2.23. The zero-order chi connectivity index (χ0) is 19.5. The third kappa shape index (κ3) is 4.16. The SMILES string of the molecule is O=C(Nc1cc(Cl)cc(Cl)c1)C1CCCN1Cc1nnnn1-c1ccccc1. The van der Waals surface area contributed by atoms with Crippen LogP contribution in [-0.2, 0) is 11.3 Å². The molecule has 1 amide bonds. The quantitative estimate of drug-likeness (QED) is 0.687. The molecule has 1 unspecified atom stereocenters. The van der Waals surface area contributed by atoms with Gasteiger partial charge in [-0.3, -0.25) is 9.69 Å². The minimum absolute atomic E-state index is 0.0884. The van der Waals surface area contributed by atoms with Gasteiger partial charge >= 0.3 is 0 Å². The average molecular weight is 417 g/mol. The Labute approximate surface area is 172 Å². The minimum atomic E-state index is -0.265. The zero-order valence-electron chi connectivity index (χ0n) is 14.9. The molecule has 0 radical (unpaired) electrons. The first-order valence-electron chi connectivity index (χ1n) is 8.94. The van der Waals surface area contributed by atoms with Gasteiger partial charge < -0.3 is 5.32 Å². The van der Waals surface area contributed by atoms with Crippen molar-refractivity contribution >= 4 is 34.8 Å². The summed E-state index contributed by atoms with van der Waals surface area (Å²) in [7, 11) is 0. The second kappa shape index (κ2) is 8.26. The highest BCUT2D eigenvalue weighted by Gasteiger charge is 2.32. The van der Waals surface area contributed by atoms with Gasteiger partial charge in [-0.1, -0.05) is 41.4 Å². The second-order valence-corrected chi connectivity index (χ2v) is 7.49. The van der Waals surface area contributed by atoms with Crippen molar-refractivity contribution < 1.29 is 4.79 Å². The van der Waals surface area contributed by atoms with E-state index in [0.717, 1.165) is 25.1 Å². The number of hydrogen-bond acceptors (Lipinski definition) is 5. The molecule has 7 nitrogen and oxygen atoms in total. The summed E-state index contributed by atoms with van der Waals surface area (Å²) in [4.78, 5) is 14.9. The minimum Gasteiger partial charge on any atom is -0.325 e. The fourth-order valence-corrected chi connectivity index (χ4v) is 3.95. The van der Waals surface area contributed by atoms with Gasteiger partial charge in [-0.2, -0.15) is 4.68 Å². The Morgan fingerprint density at radius 1 is 1.14 bits per heavy atom. The number of anilines is 1. The Balaban J connectivity index is 1.49. The summed E-state index contributed by atoms with van der Waals surface area (Å²) in [5.74, 6) is 0.603. The van der Waals surface area contributed by atoms with Crippen LogP contribution in [0.25, 0.3) is 5.69 Å². The summed E-state index contributed by atoms with van der Waals surface area (Å²) in [6.45, 7) is 1.28. The molecule has 1 N–H and O–H groups in total. The van der Waals surface area contributed by atoms with E-state index in [1.54, 1.807) is 22.9 Å². The zero-order valence-corrected chi connectivity index (χ0v) is 16.4. The lowest BCUT2D eigenvalue weighted by molar-refractivity contribution is -0.120. The molecule has 1 aromatic heterocycles. The van der Waals surface area contributed by atoms with Crippen LogP contribution in [0.5, 0.6) is 0 Å². The molecule has 0 aliphatic carbocycles. The van der Waals surface area contributed by atoms with Crippen molar-refractivity contribution in [2.45, 2.75) is 25.4 Å². The molecule has 0 saturated carbocycles. The summed E-state index contributed by atoms with van der Waals surface area (Å²) in [5.41, 5.74) is 1.47. The van der Waals surface area contributed by atoms with E-state index in [1.807, 2.05) is 30.3 Å². The van der Waals surface area contributed by atoms with Crippen molar-refractivity contribution in [1.29, 1.82) is 0 Å². The smallest absolute Gasteiger partial charge is 0.241 e. The van der Waals surface area contributed by atoms with Crippen molar-refractivity contribution in [1.82, 2.24) is 25.1 Å². The Kier molecular flexibility index (Phi) is 5.57. The summed E-state index contributed by atoms with van der Waals surface area (Å²) in [5, 5.41) is 15.9. The van der Waals surface area contributed by atoms with Gasteiger partial charge in [0, 0.05) is 15.7 Å². The predicted octanol–water partition coefficient (Wildman–Crippen LogP) is 3.57. The van der Waals surface area contributed by atoms with Crippen LogP contribution >= 0.6 is 23.2 Å². The number of tetrazole rings is 1. The first-order valence-corrected chi connectivity index (χ1v) is 9.69. The van der Waals surface area contributed by atoms with Gasteiger partial charge in [0.2, 0.25) is 5.91 Å². The van der Waals surface area contributed by atoms with Gasteiger partial charge in [0.1, 0.15) is 0 Å². The number of para-hydroxylation sites is 1. The van der Waals surface area contributed by atoms with Crippen LogP contribution in [0, 0.1) is 0 Å². The molecular formula is C19H18Cl2N6O. The normalized spacial score (nSPS) is 17.0. The number of nitrogens with one attached hydrogen (secondary N) is 1. The molecule has 1 fully saturated rings. The monoisotopic (exact) mass is 416 g/mol. The highest BCUT2D eigenvalue weighted by atomic mass is 35.5. The van der Waals surface area contributed by atoms with Gasteiger partial charge in [-0.25, -0.2) is 0 Å². The van der Waals surface area contributed by atoms with E-state index in [-0.39, 0.29) is 11.9 Å². The summed E-state index contributed by atoms with van der Waals surface area (Å²) < 4.78 is 1.70. The topological polar surface area (TPSA) is 75.9 Å². The van der Waals surface area contributed by atoms with Crippen LogP contribution in [0.4, 0.5) is 5.69 Å². The van der Waals surface area contributed by atoms with Gasteiger partial charge in [-0.15, -0.1) is 5.10 Å². The maximum atomic E-state index is 12.8. The number of hydrogen-bond donors (Lipinski definition) is 1. The van der Waals surface area contributed by atoms with E-state index in [9.17, 15) is 4.79 Å². The maximum absolute atomic E-state index is 12.8. The maximum Gasteiger partial charge on any atom is 0.241 e. The van der Waals surface area contributed by atoms with Crippen LogP contribution in [0.3, 0.4) is 0 Å². The van der Waals surface area contributed by atoms with Crippen LogP contribution < -0.4 is 5.32 Å². The summed E-state index contributed by atoms with van der Waals surface area (Å²) in [6, 6.07) is 14.4. The number of likely N-dealkylation sites (tertiary alicyclic amines) is 1. The van der Waals surface area contributed by atoms with E-state index in [1.165, 1.54) is 0 Å². The van der Waals surface area contributed by atoms with Crippen LogP contribution in [-0.4, -0.2) is 43.6 Å². The third-order valence-corrected chi connectivity index (χ3v) is 5.11. The van der Waals surface area contributed by atoms with E-state index in [4.69, 9.17) is 23.2 Å². The largest absolute Gasteiger partial charge is 0.325 e. The summed E-state index contributed by atoms with van der Waals surface area (Å²) in [6.07, 6.45) is 1.70. The van der Waals surface area contributed by atoms with Crippen LogP contribution in [0.1, 0.15) is 18.7 Å². The molecule has 0 spiro atoms. The molecule has 4 rings (SSSR count). The fraction of sp³-hybridized carbons (Fsp3) is 0.263. The molecular weight excluding hydrogens is 399 g/mol. The van der Waals surface area contributed by atoms with E-state index >= 15 is 0 Å². The standard InChI is InChI=1S/C19H18Cl2N6O/c20-13-9-14(21)11-15(10-13)22-19(28)17-7-4-8-26(17)12-18-23-24-25-27(18)16-5-2-1-3-6-16/h1-3,5-6,9-11,17H,4,7-8,12H2,(H,22,28). The molecule has 1 aliphatic heterocycles. The Morgan fingerprint density at radius 3 is 2.64 bits per heavy atom. The summed E-state index contributed by atoms with van der Waals surface area (Å²) >= 11 is 12.0. The number of halogens is 2. The number of benzene rings is 2. The molecule has 1 saturated heterocycles. The van der Waals surface area contributed by atoms with Crippen molar-refractivity contribution in [3.8, 4) is 5.69 Å². The van der Waals surface area contributed by atoms with E-state index < -0.39 is 0 Å². The van der Waals surface area contributed by atoms with Crippen LogP contribution in [0.2, 0.25) is 10.0 Å². The first-order chi connectivity index (χ1) is 13.6. The molecule has 0 bridgehead atoms. The highest BCUT2D eigenvalue weighted by Crippen LogP contribution is 2.25. The lowest BCUT2D eigenvalue weighted by atomic mass is 10.2. The molecule has 2 heterocycles. The number of nitrogens with zero attached hydrogens (tertiary/aromatic N) is 5. The average Bonchev–Trinajstić information content (AvgIpc) is 3.31. The third-order valence-electron chi connectivity index (χ3n) is 4.68. The van der Waals surface area contributed by atoms with Gasteiger partial charge in [0.05, 0.1) is 18.3 Å². The highest BCUT2D eigenvalue weighted by molar-refractivity contribution is 6.35. The van der Waals surface area contributed by atoms with Crippen LogP contribution in [0.15, 0.2) is 48.5 Å². The number of rotatable bonds is 5. The van der Waals surface area contributed by atoms with Crippen molar-refractivity contribution in [3.05, 3.63) is 64.4 Å². The number of amides is 1. The van der Waals surface area contributed by atoms with Crippen molar-refractivity contribution in [3.63, 3.8) is 0 Å². The lowest BCUT2D eigenvalue weighted by Crippen LogP contribution is -2.39. The van der Waals surface area contributed by atoms with E-state index in [0.29, 0.717) is 28.1 Å². The number of aromatic nitrogens is 4. The van der Waals surface area contributed by atoms with Gasteiger partial charge in [-0.05, 0) is 60.1 Å². The first kappa shape index (κ1) is 18.9. The van der Waals surface area contributed by atoms with Gasteiger partial charge in [0.25, 0.3) is 0 Å². The Morgan fingerprint density at radius 2 is 1.89 bits per heavy atom. The molecule has 3 aromatic rings. The van der Waals surface area contributed by atoms with Gasteiger partial charge in [0.15, 0.2) is 5.82 Å². The number of carbonyl (C=O) groups excluding carboxylic acids is 1. The number of carbonyl (C=O) groups is 1. The molecule has 2 aromatic carbocycles.